The third kappa shape index (κ3) is 3.01. The molecule has 0 aromatic heterocycles. The summed E-state index contributed by atoms with van der Waals surface area (Å²) in [6, 6.07) is 1.14. The number of nitrogens with zero attached hydrogens (tertiary/aromatic N) is 2. The molecule has 0 aromatic carbocycles. The molecule has 2 atom stereocenters. The van der Waals surface area contributed by atoms with Crippen LogP contribution in [0.15, 0.2) is 0 Å². The average Bonchev–Trinajstić information content (AvgIpc) is 2.37. The van der Waals surface area contributed by atoms with Gasteiger partial charge in [-0.1, -0.05) is 13.8 Å². The van der Waals surface area contributed by atoms with Crippen LogP contribution in [-0.4, -0.2) is 60.6 Å². The van der Waals surface area contributed by atoms with Gasteiger partial charge in [0.25, 0.3) is 0 Å². The van der Waals surface area contributed by atoms with Crippen LogP contribution in [0.5, 0.6) is 0 Å². The zero-order valence-electron chi connectivity index (χ0n) is 13.6. The molecule has 4 nitrogen and oxygen atoms in total. The first kappa shape index (κ1) is 15.8. The molecule has 20 heavy (non-hydrogen) atoms. The van der Waals surface area contributed by atoms with Crippen molar-refractivity contribution in [3.8, 4) is 0 Å². The number of carbonyl (C=O) groups is 1. The smallest absolute Gasteiger partial charge is 0.225 e. The lowest BCUT2D eigenvalue weighted by Gasteiger charge is -2.54. The second-order valence-corrected chi connectivity index (χ2v) is 6.87. The van der Waals surface area contributed by atoms with Gasteiger partial charge < -0.3 is 9.64 Å². The molecule has 0 aliphatic carbocycles. The van der Waals surface area contributed by atoms with Crippen LogP contribution in [0.3, 0.4) is 0 Å². The van der Waals surface area contributed by atoms with Gasteiger partial charge in [0.15, 0.2) is 0 Å². The highest BCUT2D eigenvalue weighted by molar-refractivity contribution is 5.78. The van der Waals surface area contributed by atoms with Crippen molar-refractivity contribution >= 4 is 5.91 Å². The molecule has 2 heterocycles. The van der Waals surface area contributed by atoms with Crippen molar-refractivity contribution in [1.82, 2.24) is 9.80 Å². The van der Waals surface area contributed by atoms with E-state index in [1.54, 1.807) is 0 Å². The number of hydrogen-bond acceptors (Lipinski definition) is 3. The minimum absolute atomic E-state index is 0.120. The fraction of sp³-hybridized carbons (Fsp3) is 0.938. The van der Waals surface area contributed by atoms with E-state index in [0.717, 1.165) is 32.5 Å². The minimum atomic E-state index is 0.120. The van der Waals surface area contributed by atoms with E-state index < -0.39 is 0 Å². The Bertz CT molecular complexity index is 335. The Kier molecular flexibility index (Phi) is 5.08. The summed E-state index contributed by atoms with van der Waals surface area (Å²) in [7, 11) is 1.83. The molecule has 0 N–H and O–H groups in total. The second kappa shape index (κ2) is 6.44. The van der Waals surface area contributed by atoms with Crippen molar-refractivity contribution in [3.05, 3.63) is 0 Å². The van der Waals surface area contributed by atoms with Gasteiger partial charge in [0.05, 0.1) is 6.10 Å². The van der Waals surface area contributed by atoms with Crippen LogP contribution >= 0.6 is 0 Å². The summed E-state index contributed by atoms with van der Waals surface area (Å²) in [5, 5.41) is 0. The molecule has 2 fully saturated rings. The number of likely N-dealkylation sites (tertiary alicyclic amines) is 2. The van der Waals surface area contributed by atoms with Crippen molar-refractivity contribution < 1.29 is 9.53 Å². The summed E-state index contributed by atoms with van der Waals surface area (Å²) in [4.78, 5) is 16.6. The lowest BCUT2D eigenvalue weighted by Crippen LogP contribution is -2.66. The zero-order valence-corrected chi connectivity index (χ0v) is 13.6. The van der Waals surface area contributed by atoms with Crippen LogP contribution in [0.25, 0.3) is 0 Å². The molecular formula is C16H30N2O2. The fourth-order valence-corrected chi connectivity index (χ4v) is 3.68. The number of methoxy groups -OCH3 is 1. The molecule has 0 saturated carbocycles. The molecule has 4 heteroatoms. The highest BCUT2D eigenvalue weighted by Crippen LogP contribution is 2.35. The second-order valence-electron chi connectivity index (χ2n) is 6.87. The molecular weight excluding hydrogens is 252 g/mol. The first-order valence-corrected chi connectivity index (χ1v) is 8.03. The van der Waals surface area contributed by atoms with Crippen molar-refractivity contribution in [3.63, 3.8) is 0 Å². The maximum absolute atomic E-state index is 12.0. The molecule has 0 bridgehead atoms. The normalized spacial score (nSPS) is 29.1. The number of rotatable bonds is 4. The van der Waals surface area contributed by atoms with Crippen LogP contribution in [-0.2, 0) is 9.53 Å². The van der Waals surface area contributed by atoms with Crippen molar-refractivity contribution in [2.75, 3.05) is 26.7 Å². The maximum atomic E-state index is 12.0. The summed E-state index contributed by atoms with van der Waals surface area (Å²) in [6.07, 6.45) is 2.62. The number of amides is 1. The Morgan fingerprint density at radius 1 is 1.15 bits per heavy atom. The molecule has 2 rings (SSSR count). The molecule has 116 valence electrons. The molecule has 0 unspecified atom stereocenters. The number of ether oxygens (including phenoxy) is 1. The fourth-order valence-electron chi connectivity index (χ4n) is 3.68. The highest BCUT2D eigenvalue weighted by Gasteiger charge is 2.45. The summed E-state index contributed by atoms with van der Waals surface area (Å²) < 4.78 is 5.62. The first-order valence-electron chi connectivity index (χ1n) is 8.03. The van der Waals surface area contributed by atoms with Crippen molar-refractivity contribution in [1.29, 1.82) is 0 Å². The molecule has 2 saturated heterocycles. The molecule has 0 spiro atoms. The lowest BCUT2D eigenvalue weighted by molar-refractivity contribution is -0.143. The first-order chi connectivity index (χ1) is 9.45. The van der Waals surface area contributed by atoms with Gasteiger partial charge in [0.1, 0.15) is 0 Å². The van der Waals surface area contributed by atoms with E-state index in [-0.39, 0.29) is 5.92 Å². The summed E-state index contributed by atoms with van der Waals surface area (Å²) >= 11 is 0. The Hall–Kier alpha value is -0.610. The van der Waals surface area contributed by atoms with Crippen LogP contribution in [0.1, 0.15) is 40.5 Å². The maximum Gasteiger partial charge on any atom is 0.225 e. The van der Waals surface area contributed by atoms with E-state index >= 15 is 0 Å². The monoisotopic (exact) mass is 282 g/mol. The topological polar surface area (TPSA) is 32.8 Å². The van der Waals surface area contributed by atoms with Crippen LogP contribution < -0.4 is 0 Å². The quantitative estimate of drug-likeness (QED) is 0.790. The van der Waals surface area contributed by atoms with Crippen LogP contribution in [0.2, 0.25) is 0 Å². The van der Waals surface area contributed by atoms with Gasteiger partial charge in [-0.3, -0.25) is 9.69 Å². The molecule has 0 radical (unpaired) electrons. The Morgan fingerprint density at radius 3 is 2.20 bits per heavy atom. The van der Waals surface area contributed by atoms with E-state index in [2.05, 4.69) is 18.7 Å². The summed E-state index contributed by atoms with van der Waals surface area (Å²) in [5.41, 5.74) is 0. The van der Waals surface area contributed by atoms with E-state index in [0.29, 0.717) is 30.0 Å². The number of hydrogen-bond donors (Lipinski definition) is 0. The van der Waals surface area contributed by atoms with Gasteiger partial charge in [-0.2, -0.15) is 0 Å². The van der Waals surface area contributed by atoms with E-state index in [9.17, 15) is 4.79 Å². The Morgan fingerprint density at radius 2 is 1.75 bits per heavy atom. The zero-order chi connectivity index (χ0) is 14.9. The van der Waals surface area contributed by atoms with Crippen LogP contribution in [0, 0.1) is 11.8 Å². The number of carbonyl (C=O) groups excluding carboxylic acids is 1. The minimum Gasteiger partial charge on any atom is -0.378 e. The Labute approximate surface area is 123 Å². The highest BCUT2D eigenvalue weighted by atomic mass is 16.5. The molecule has 0 aromatic rings. The lowest BCUT2D eigenvalue weighted by atomic mass is 9.79. The molecule has 2 aliphatic rings. The van der Waals surface area contributed by atoms with Crippen molar-refractivity contribution in [2.24, 2.45) is 11.8 Å². The van der Waals surface area contributed by atoms with Gasteiger partial charge in [-0.25, -0.2) is 0 Å². The summed E-state index contributed by atoms with van der Waals surface area (Å²) in [6.45, 7) is 11.4. The van der Waals surface area contributed by atoms with Gasteiger partial charge in [0.2, 0.25) is 5.91 Å². The number of piperidine rings is 1. The third-order valence-electron chi connectivity index (χ3n) is 4.95. The van der Waals surface area contributed by atoms with Gasteiger partial charge in [0, 0.05) is 44.7 Å². The molecule has 1 amide bonds. The Balaban J connectivity index is 1.91. The van der Waals surface area contributed by atoms with Gasteiger partial charge >= 0.3 is 0 Å². The van der Waals surface area contributed by atoms with Gasteiger partial charge in [-0.15, -0.1) is 0 Å². The van der Waals surface area contributed by atoms with Crippen molar-refractivity contribution in [2.45, 2.75) is 58.7 Å². The predicted octanol–water partition coefficient (Wildman–Crippen LogP) is 1.99. The van der Waals surface area contributed by atoms with E-state index in [1.165, 1.54) is 0 Å². The van der Waals surface area contributed by atoms with Crippen LogP contribution in [0.4, 0.5) is 0 Å². The van der Waals surface area contributed by atoms with E-state index in [4.69, 9.17) is 4.74 Å². The third-order valence-corrected chi connectivity index (χ3v) is 4.95. The predicted molar refractivity (Wildman–Crippen MR) is 80.6 cm³/mol. The average molecular weight is 282 g/mol. The SMILES string of the molecule is CO[C@H]1CN(C(C)C)[C@H]1C1CCN(C(=O)C(C)C)CC1. The molecule has 2 aliphatic heterocycles. The largest absolute Gasteiger partial charge is 0.378 e. The van der Waals surface area contributed by atoms with E-state index in [1.807, 2.05) is 25.9 Å². The summed E-state index contributed by atoms with van der Waals surface area (Å²) in [5.74, 6) is 1.10. The van der Waals surface area contributed by atoms with Gasteiger partial charge in [-0.05, 0) is 32.6 Å². The standard InChI is InChI=1S/C16H30N2O2/c1-11(2)16(19)17-8-6-13(7-9-17)15-14(20-5)10-18(15)12(3)4/h11-15H,6-10H2,1-5H3/t14-,15-/m0/s1.